The van der Waals surface area contributed by atoms with Crippen LogP contribution in [0, 0.1) is 0 Å². The minimum absolute atomic E-state index is 0.0319. The van der Waals surface area contributed by atoms with Gasteiger partial charge in [0.1, 0.15) is 0 Å². The fourth-order valence-electron chi connectivity index (χ4n) is 1.85. The van der Waals surface area contributed by atoms with Crippen LogP contribution in [-0.2, 0) is 0 Å². The average molecular weight is 346 g/mol. The minimum atomic E-state index is -0.491. The highest BCUT2D eigenvalue weighted by atomic mass is 35.5. The molecule has 0 bridgehead atoms. The van der Waals surface area contributed by atoms with Gasteiger partial charge in [-0.3, -0.25) is 5.32 Å². The number of urea groups is 1. The van der Waals surface area contributed by atoms with Gasteiger partial charge in [0.2, 0.25) is 11.1 Å². The van der Waals surface area contributed by atoms with Crippen LogP contribution in [0.3, 0.4) is 0 Å². The van der Waals surface area contributed by atoms with Crippen LogP contribution in [0.1, 0.15) is 0 Å². The van der Waals surface area contributed by atoms with Crippen molar-refractivity contribution in [3.63, 3.8) is 0 Å². The van der Waals surface area contributed by atoms with Gasteiger partial charge in [-0.25, -0.2) is 9.78 Å². The van der Waals surface area contributed by atoms with E-state index in [-0.39, 0.29) is 5.96 Å². The fraction of sp³-hybridized carbons (Fsp3) is 0. The number of nitrogens with one attached hydrogen (secondary N) is 2. The summed E-state index contributed by atoms with van der Waals surface area (Å²) in [6.07, 6.45) is 0. The number of guanidine groups is 1. The molecule has 2 aromatic carbocycles. The van der Waals surface area contributed by atoms with E-state index in [0.29, 0.717) is 15.8 Å². The summed E-state index contributed by atoms with van der Waals surface area (Å²) in [4.78, 5) is 20.3. The van der Waals surface area contributed by atoms with E-state index in [4.69, 9.17) is 17.3 Å². The molecular formula is C15H12ClN5OS. The molecule has 0 unspecified atom stereocenters. The number of para-hydroxylation sites is 1. The van der Waals surface area contributed by atoms with Crippen LogP contribution in [0.4, 0.5) is 15.6 Å². The zero-order chi connectivity index (χ0) is 16.2. The van der Waals surface area contributed by atoms with E-state index in [1.54, 1.807) is 24.3 Å². The highest BCUT2D eigenvalue weighted by Gasteiger charge is 2.06. The largest absolute Gasteiger partial charge is 0.369 e. The van der Waals surface area contributed by atoms with Crippen LogP contribution >= 0.6 is 22.9 Å². The number of halogens is 1. The van der Waals surface area contributed by atoms with Crippen LogP contribution in [0.25, 0.3) is 10.2 Å². The summed E-state index contributed by atoms with van der Waals surface area (Å²) < 4.78 is 1.00. The zero-order valence-corrected chi connectivity index (χ0v) is 13.4. The number of rotatable bonds is 2. The molecule has 0 saturated heterocycles. The number of aliphatic imine (C=N–C) groups is 1. The van der Waals surface area contributed by atoms with Crippen LogP contribution in [0.15, 0.2) is 53.5 Å². The molecule has 1 heterocycles. The first-order valence-corrected chi connectivity index (χ1v) is 7.83. The Labute approximate surface area is 141 Å². The molecule has 116 valence electrons. The van der Waals surface area contributed by atoms with Gasteiger partial charge in [0, 0.05) is 10.7 Å². The molecule has 0 fully saturated rings. The maximum absolute atomic E-state index is 11.8. The molecule has 0 atom stereocenters. The predicted octanol–water partition coefficient (Wildman–Crippen LogP) is 3.72. The summed E-state index contributed by atoms with van der Waals surface area (Å²) in [5.41, 5.74) is 7.17. The van der Waals surface area contributed by atoms with Gasteiger partial charge in [-0.15, -0.1) is 0 Å². The Morgan fingerprint density at radius 3 is 2.65 bits per heavy atom. The van der Waals surface area contributed by atoms with E-state index in [0.717, 1.165) is 10.2 Å². The van der Waals surface area contributed by atoms with Gasteiger partial charge >= 0.3 is 6.03 Å². The highest BCUT2D eigenvalue weighted by molar-refractivity contribution is 7.22. The second-order valence-electron chi connectivity index (χ2n) is 4.55. The van der Waals surface area contributed by atoms with Crippen molar-refractivity contribution in [2.75, 3.05) is 5.32 Å². The lowest BCUT2D eigenvalue weighted by molar-refractivity contribution is 0.256. The van der Waals surface area contributed by atoms with Crippen LogP contribution in [-0.4, -0.2) is 17.0 Å². The monoisotopic (exact) mass is 345 g/mol. The fourth-order valence-corrected chi connectivity index (χ4v) is 2.83. The molecule has 0 radical (unpaired) electrons. The van der Waals surface area contributed by atoms with Gasteiger partial charge in [-0.05, 0) is 36.4 Å². The van der Waals surface area contributed by atoms with Crippen LogP contribution < -0.4 is 16.4 Å². The average Bonchev–Trinajstić information content (AvgIpc) is 2.91. The summed E-state index contributed by atoms with van der Waals surface area (Å²) in [6.45, 7) is 0. The molecule has 3 rings (SSSR count). The number of carbonyl (C=O) groups excluding carboxylic acids is 1. The molecule has 3 aromatic rings. The standard InChI is InChI=1S/C15H12ClN5OS/c16-9-5-7-10(8-6-9)18-14(22)20-13(17)21-15-19-11-3-1-2-4-12(11)23-15/h1-8H,(H4,17,18,19,20,21,22). The third kappa shape index (κ3) is 3.97. The van der Waals surface area contributed by atoms with Crippen LogP contribution in [0.5, 0.6) is 0 Å². The second kappa shape index (κ2) is 6.64. The molecule has 0 saturated carbocycles. The van der Waals surface area contributed by atoms with Gasteiger partial charge < -0.3 is 11.1 Å². The van der Waals surface area contributed by atoms with E-state index in [1.165, 1.54) is 11.3 Å². The number of benzene rings is 2. The number of carbonyl (C=O) groups is 1. The van der Waals surface area contributed by atoms with Gasteiger partial charge in [-0.1, -0.05) is 35.1 Å². The van der Waals surface area contributed by atoms with Crippen molar-refractivity contribution in [2.45, 2.75) is 0 Å². The second-order valence-corrected chi connectivity index (χ2v) is 5.99. The predicted molar refractivity (Wildman–Crippen MR) is 94.5 cm³/mol. The summed E-state index contributed by atoms with van der Waals surface area (Å²) in [6, 6.07) is 13.9. The van der Waals surface area contributed by atoms with E-state index in [9.17, 15) is 4.79 Å². The Hall–Kier alpha value is -2.64. The Morgan fingerprint density at radius 1 is 1.17 bits per heavy atom. The lowest BCUT2D eigenvalue weighted by Crippen LogP contribution is -2.39. The van der Waals surface area contributed by atoms with E-state index >= 15 is 0 Å². The number of nitrogens with two attached hydrogens (primary N) is 1. The SMILES string of the molecule is N/C(=N\c1nc2ccccc2s1)NC(=O)Nc1ccc(Cl)cc1. The number of fused-ring (bicyclic) bond motifs is 1. The quantitative estimate of drug-likeness (QED) is 0.488. The van der Waals surface area contributed by atoms with Crippen molar-refractivity contribution in [3.8, 4) is 0 Å². The Balaban J connectivity index is 1.66. The number of amides is 2. The molecule has 0 aliphatic rings. The van der Waals surface area contributed by atoms with Crippen molar-refractivity contribution >= 4 is 56.0 Å². The number of aromatic nitrogens is 1. The van der Waals surface area contributed by atoms with Crippen molar-refractivity contribution < 1.29 is 4.79 Å². The summed E-state index contributed by atoms with van der Waals surface area (Å²) >= 11 is 7.18. The van der Waals surface area contributed by atoms with Gasteiger partial charge in [0.05, 0.1) is 10.2 Å². The normalized spacial score (nSPS) is 11.4. The first-order chi connectivity index (χ1) is 11.1. The summed E-state index contributed by atoms with van der Waals surface area (Å²) in [5, 5.41) is 6.15. The molecule has 0 spiro atoms. The highest BCUT2D eigenvalue weighted by Crippen LogP contribution is 2.27. The molecule has 8 heteroatoms. The van der Waals surface area contributed by atoms with E-state index in [1.807, 2.05) is 24.3 Å². The molecule has 6 nitrogen and oxygen atoms in total. The molecule has 0 aliphatic heterocycles. The van der Waals surface area contributed by atoms with E-state index < -0.39 is 6.03 Å². The molecule has 1 aromatic heterocycles. The minimum Gasteiger partial charge on any atom is -0.369 e. The zero-order valence-electron chi connectivity index (χ0n) is 11.8. The molecule has 0 aliphatic carbocycles. The van der Waals surface area contributed by atoms with Crippen molar-refractivity contribution in [3.05, 3.63) is 53.6 Å². The smallest absolute Gasteiger partial charge is 0.325 e. The maximum atomic E-state index is 11.8. The number of hydrogen-bond donors (Lipinski definition) is 3. The third-order valence-corrected chi connectivity index (χ3v) is 4.02. The lowest BCUT2D eigenvalue weighted by Gasteiger charge is -2.06. The van der Waals surface area contributed by atoms with Crippen LogP contribution in [0.2, 0.25) is 5.02 Å². The summed E-state index contributed by atoms with van der Waals surface area (Å²) in [5.74, 6) is -0.0319. The van der Waals surface area contributed by atoms with Crippen molar-refractivity contribution in [2.24, 2.45) is 10.7 Å². The number of hydrogen-bond acceptors (Lipinski definition) is 4. The lowest BCUT2D eigenvalue weighted by atomic mass is 10.3. The Morgan fingerprint density at radius 2 is 1.91 bits per heavy atom. The topological polar surface area (TPSA) is 92.4 Å². The maximum Gasteiger partial charge on any atom is 0.325 e. The summed E-state index contributed by atoms with van der Waals surface area (Å²) in [7, 11) is 0. The third-order valence-electron chi connectivity index (χ3n) is 2.84. The number of anilines is 1. The Bertz CT molecular complexity index is 842. The van der Waals surface area contributed by atoms with Gasteiger partial charge in [-0.2, -0.15) is 4.99 Å². The number of thiazole rings is 1. The first-order valence-electron chi connectivity index (χ1n) is 6.63. The first kappa shape index (κ1) is 15.3. The van der Waals surface area contributed by atoms with Gasteiger partial charge in [0.25, 0.3) is 0 Å². The molecular weight excluding hydrogens is 334 g/mol. The molecule has 4 N–H and O–H groups in total. The number of nitrogens with zero attached hydrogens (tertiary/aromatic N) is 2. The van der Waals surface area contributed by atoms with Crippen molar-refractivity contribution in [1.29, 1.82) is 0 Å². The van der Waals surface area contributed by atoms with Gasteiger partial charge in [0.15, 0.2) is 0 Å². The molecule has 2 amide bonds. The van der Waals surface area contributed by atoms with Crippen molar-refractivity contribution in [1.82, 2.24) is 10.3 Å². The van der Waals surface area contributed by atoms with E-state index in [2.05, 4.69) is 20.6 Å². The Kier molecular flexibility index (Phi) is 4.40. The molecule has 23 heavy (non-hydrogen) atoms.